The minimum Gasteiger partial charge on any atom is -0.489 e. The quantitative estimate of drug-likeness (QED) is 0.0930. The van der Waals surface area contributed by atoms with Crippen LogP contribution in [0, 0.1) is 38.5 Å². The summed E-state index contributed by atoms with van der Waals surface area (Å²) in [7, 11) is 0. The molecule has 2 aliphatic heterocycles. The molecule has 4 aromatic heterocycles. The summed E-state index contributed by atoms with van der Waals surface area (Å²) in [5, 5.41) is 38.3. The third-order valence-corrected chi connectivity index (χ3v) is 16.9. The van der Waals surface area contributed by atoms with Gasteiger partial charge in [-0.3, -0.25) is 29.4 Å². The van der Waals surface area contributed by atoms with Crippen LogP contribution in [0.25, 0.3) is 22.1 Å². The highest BCUT2D eigenvalue weighted by molar-refractivity contribution is 5.83. The lowest BCUT2D eigenvalue weighted by atomic mass is 9.69. The Bertz CT molecular complexity index is 3320. The predicted molar refractivity (Wildman–Crippen MR) is 311 cm³/mol. The number of benzene rings is 4. The SMILES string of the molecule is CC[C@@H]1CN(Cc2cc([C@@H](c3ccc4c(nnn4CC)c3C)C(C)(C)C(=O)O)ccc2C)Cc2cnccc2O1.CC[C@@H]1CN(Cc2cc([C@H](c3ccc4c(nnn4CC)c3C)C(C)(C)C(=O)O)ccc2C)Cc2cnccc2O1. The van der Waals surface area contributed by atoms with Gasteiger partial charge in [-0.25, -0.2) is 9.36 Å². The number of pyridine rings is 2. The molecule has 10 rings (SSSR count). The predicted octanol–water partition coefficient (Wildman–Crippen LogP) is 11.8. The molecule has 4 aromatic carbocycles. The second-order valence-corrected chi connectivity index (χ2v) is 23.0. The van der Waals surface area contributed by atoms with E-state index < -0.39 is 22.8 Å². The second kappa shape index (κ2) is 23.6. The first-order valence-electron chi connectivity index (χ1n) is 28.2. The highest BCUT2D eigenvalue weighted by Gasteiger charge is 2.42. The number of aryl methyl sites for hydroxylation is 6. The lowest BCUT2D eigenvalue weighted by molar-refractivity contribution is -0.148. The Morgan fingerprint density at radius 2 is 0.988 bits per heavy atom. The van der Waals surface area contributed by atoms with Gasteiger partial charge >= 0.3 is 11.9 Å². The maximum absolute atomic E-state index is 12.7. The Hall–Kier alpha value is -7.56. The fourth-order valence-electron chi connectivity index (χ4n) is 11.8. The zero-order valence-electron chi connectivity index (χ0n) is 48.6. The lowest BCUT2D eigenvalue weighted by Gasteiger charge is -2.33. The van der Waals surface area contributed by atoms with Gasteiger partial charge in [0, 0.05) is 100 Å². The van der Waals surface area contributed by atoms with E-state index >= 15 is 0 Å². The van der Waals surface area contributed by atoms with Gasteiger partial charge in [0.15, 0.2) is 0 Å². The number of carboxylic acids is 2. The molecule has 0 bridgehead atoms. The van der Waals surface area contributed by atoms with Crippen LogP contribution in [0.4, 0.5) is 0 Å². The molecule has 2 aliphatic rings. The van der Waals surface area contributed by atoms with E-state index in [0.29, 0.717) is 0 Å². The molecular weight excluding hydrogens is 1000 g/mol. The Labute approximate surface area is 470 Å². The molecule has 420 valence electrons. The topological polar surface area (TPSA) is 187 Å². The van der Waals surface area contributed by atoms with Crippen molar-refractivity contribution in [3.8, 4) is 11.5 Å². The minimum absolute atomic E-state index is 0.0942. The van der Waals surface area contributed by atoms with Crippen molar-refractivity contribution in [1.29, 1.82) is 0 Å². The first-order valence-corrected chi connectivity index (χ1v) is 28.2. The molecule has 4 atom stereocenters. The van der Waals surface area contributed by atoms with Crippen LogP contribution in [0.1, 0.15) is 147 Å². The maximum Gasteiger partial charge on any atom is 0.310 e. The molecule has 0 unspecified atom stereocenters. The van der Waals surface area contributed by atoms with E-state index in [1.807, 2.05) is 101 Å². The zero-order chi connectivity index (χ0) is 57.2. The first kappa shape index (κ1) is 57.1. The number of ether oxygens (including phenoxy) is 2. The van der Waals surface area contributed by atoms with Gasteiger partial charge in [0.1, 0.15) is 34.7 Å². The Kier molecular flexibility index (Phi) is 16.9. The van der Waals surface area contributed by atoms with Gasteiger partial charge < -0.3 is 19.7 Å². The van der Waals surface area contributed by atoms with Crippen molar-refractivity contribution in [2.45, 2.75) is 159 Å². The van der Waals surface area contributed by atoms with Crippen LogP contribution >= 0.6 is 0 Å². The largest absolute Gasteiger partial charge is 0.489 e. The molecular formula is C64H78N10O6. The average molecular weight is 1080 g/mol. The maximum atomic E-state index is 12.7. The Balaban J connectivity index is 0.000000194. The third-order valence-electron chi connectivity index (χ3n) is 16.9. The Morgan fingerprint density at radius 1 is 0.588 bits per heavy atom. The van der Waals surface area contributed by atoms with Crippen LogP contribution in [0.3, 0.4) is 0 Å². The zero-order valence-corrected chi connectivity index (χ0v) is 48.6. The Morgan fingerprint density at radius 3 is 1.35 bits per heavy atom. The van der Waals surface area contributed by atoms with Gasteiger partial charge in [0.2, 0.25) is 0 Å². The lowest BCUT2D eigenvalue weighted by Crippen LogP contribution is -2.33. The van der Waals surface area contributed by atoms with E-state index in [2.05, 4.69) is 117 Å². The van der Waals surface area contributed by atoms with Crippen LogP contribution in [0.2, 0.25) is 0 Å². The monoisotopic (exact) mass is 1080 g/mol. The first-order chi connectivity index (χ1) is 38.3. The van der Waals surface area contributed by atoms with Crippen molar-refractivity contribution < 1.29 is 29.3 Å². The molecule has 0 fully saturated rings. The molecule has 0 spiro atoms. The van der Waals surface area contributed by atoms with Crippen molar-refractivity contribution in [1.82, 2.24) is 49.8 Å². The van der Waals surface area contributed by atoms with E-state index in [4.69, 9.17) is 9.47 Å². The van der Waals surface area contributed by atoms with Gasteiger partial charge in [-0.05, 0) is 162 Å². The number of carbonyl (C=O) groups is 2. The van der Waals surface area contributed by atoms with Crippen LogP contribution in [0.5, 0.6) is 11.5 Å². The van der Waals surface area contributed by atoms with Gasteiger partial charge in [0.25, 0.3) is 0 Å². The second-order valence-electron chi connectivity index (χ2n) is 23.0. The number of aromatic nitrogens is 8. The number of fused-ring (bicyclic) bond motifs is 4. The number of hydrogen-bond donors (Lipinski definition) is 2. The number of hydrogen-bond acceptors (Lipinski definition) is 12. The number of nitrogens with zero attached hydrogens (tertiary/aromatic N) is 10. The van der Waals surface area contributed by atoms with Crippen LogP contribution in [-0.2, 0) is 48.9 Å². The van der Waals surface area contributed by atoms with E-state index in [-0.39, 0.29) is 24.0 Å². The molecule has 0 aliphatic carbocycles. The molecule has 0 saturated carbocycles. The third kappa shape index (κ3) is 11.4. The molecule has 2 N–H and O–H groups in total. The standard InChI is InChI=1S/2C32H39N5O3/c2*1-7-25-19-36(18-24-16-33-14-13-28(24)40-25)17-23-15-22(10-9-20(23)3)29(32(5,6)31(38)39)26-11-12-27-30(21(26)4)34-35-37(27)8-2/h2*9-16,25,29H,7-8,17-19H2,1-6H3,(H,38,39)/t25-,29+;25-,29-/m11/s1. The summed E-state index contributed by atoms with van der Waals surface area (Å²) in [6.07, 6.45) is 9.36. The van der Waals surface area contributed by atoms with E-state index in [0.717, 1.165) is 143 Å². The van der Waals surface area contributed by atoms with Gasteiger partial charge in [0.05, 0.1) is 21.9 Å². The summed E-state index contributed by atoms with van der Waals surface area (Å²) < 4.78 is 16.3. The van der Waals surface area contributed by atoms with Crippen molar-refractivity contribution in [2.75, 3.05) is 13.1 Å². The fraction of sp³-hybridized carbons (Fsp3) is 0.438. The summed E-state index contributed by atoms with van der Waals surface area (Å²) in [6.45, 7) is 30.0. The van der Waals surface area contributed by atoms with Gasteiger partial charge in [-0.1, -0.05) is 72.8 Å². The molecule has 0 saturated heterocycles. The highest BCUT2D eigenvalue weighted by Crippen LogP contribution is 2.46. The normalized spacial score (nSPS) is 16.8. The minimum atomic E-state index is -1.06. The van der Waals surface area contributed by atoms with Crippen molar-refractivity contribution >= 4 is 34.0 Å². The van der Waals surface area contributed by atoms with Crippen molar-refractivity contribution in [2.24, 2.45) is 10.8 Å². The van der Waals surface area contributed by atoms with E-state index in [1.54, 1.807) is 12.4 Å². The molecule has 6 heterocycles. The number of aliphatic carboxylic acids is 2. The molecule has 16 nitrogen and oxygen atoms in total. The average Bonchev–Trinajstić information content (AvgIpc) is 3.97. The molecule has 0 radical (unpaired) electrons. The van der Waals surface area contributed by atoms with Gasteiger partial charge in [-0.15, -0.1) is 10.2 Å². The highest BCUT2D eigenvalue weighted by atomic mass is 16.5. The number of rotatable bonds is 16. The molecule has 8 aromatic rings. The van der Waals surface area contributed by atoms with E-state index in [9.17, 15) is 19.8 Å². The van der Waals surface area contributed by atoms with Crippen LogP contribution < -0.4 is 9.47 Å². The smallest absolute Gasteiger partial charge is 0.310 e. The summed E-state index contributed by atoms with van der Waals surface area (Å²) in [5.41, 5.74) is 14.2. The van der Waals surface area contributed by atoms with Crippen LogP contribution in [-0.4, -0.2) is 97.2 Å². The van der Waals surface area contributed by atoms with Crippen molar-refractivity contribution in [3.05, 3.63) is 164 Å². The van der Waals surface area contributed by atoms with Crippen molar-refractivity contribution in [3.63, 3.8) is 0 Å². The fourth-order valence-corrected chi connectivity index (χ4v) is 11.8. The molecule has 16 heteroatoms. The van der Waals surface area contributed by atoms with E-state index in [1.165, 1.54) is 22.3 Å². The molecule has 80 heavy (non-hydrogen) atoms. The summed E-state index contributed by atoms with van der Waals surface area (Å²) >= 11 is 0. The number of carboxylic acid groups (broad SMARTS) is 2. The summed E-state index contributed by atoms with van der Waals surface area (Å²) in [4.78, 5) is 38.8. The molecule has 0 amide bonds. The van der Waals surface area contributed by atoms with Crippen LogP contribution in [0.15, 0.2) is 97.6 Å². The summed E-state index contributed by atoms with van der Waals surface area (Å²) in [5.74, 6) is -0.609. The van der Waals surface area contributed by atoms with Gasteiger partial charge in [-0.2, -0.15) is 0 Å². The summed E-state index contributed by atoms with van der Waals surface area (Å²) in [6, 6.07) is 24.9.